The Kier molecular flexibility index (Phi) is 7.57. The van der Waals surface area contributed by atoms with E-state index in [0.717, 1.165) is 35.9 Å². The Labute approximate surface area is 216 Å². The van der Waals surface area contributed by atoms with Crippen molar-refractivity contribution in [3.63, 3.8) is 0 Å². The summed E-state index contributed by atoms with van der Waals surface area (Å²) in [4.78, 5) is 25.1. The predicted octanol–water partition coefficient (Wildman–Crippen LogP) is 7.20. The van der Waals surface area contributed by atoms with Crippen molar-refractivity contribution in [2.75, 3.05) is 11.9 Å². The van der Waals surface area contributed by atoms with Gasteiger partial charge in [-0.05, 0) is 48.4 Å². The zero-order valence-electron chi connectivity index (χ0n) is 20.1. The fourth-order valence-electron chi connectivity index (χ4n) is 3.61. The summed E-state index contributed by atoms with van der Waals surface area (Å²) in [6, 6.07) is 13.7. The topological polar surface area (TPSA) is 77.8 Å². The number of para-hydroxylation sites is 1. The smallest absolute Gasteiger partial charge is 0.453 e. The molecule has 0 spiro atoms. The third kappa shape index (κ3) is 6.33. The Hall–Kier alpha value is -4.48. The normalized spacial score (nSPS) is 11.9. The van der Waals surface area contributed by atoms with Crippen molar-refractivity contribution >= 4 is 22.6 Å². The van der Waals surface area contributed by atoms with Crippen molar-refractivity contribution in [1.82, 2.24) is 0 Å². The van der Waals surface area contributed by atoms with Crippen LogP contribution in [0.25, 0.3) is 11.0 Å². The van der Waals surface area contributed by atoms with Crippen molar-refractivity contribution in [1.29, 1.82) is 0 Å². The predicted molar refractivity (Wildman–Crippen MR) is 129 cm³/mol. The van der Waals surface area contributed by atoms with E-state index in [0.29, 0.717) is 6.42 Å². The standard InChI is InChI=1S/C27H19F6NO5/c1-2-15-7-9-16(10-8-15)38-24-23(36)18-12-11-17(13-21(18)39-25(24)27(31,32)33)37-14-22(35)34-20-6-4-3-5-19(20)26(28,29)30/h3-13H,2,14H2,1H3,(H,34,35). The number of hydrogen-bond donors (Lipinski definition) is 1. The van der Waals surface area contributed by atoms with Gasteiger partial charge in [0.1, 0.15) is 17.1 Å². The first-order valence-electron chi connectivity index (χ1n) is 11.4. The van der Waals surface area contributed by atoms with Gasteiger partial charge in [-0.25, -0.2) is 0 Å². The first-order chi connectivity index (χ1) is 18.4. The number of ether oxygens (including phenoxy) is 2. The maximum absolute atomic E-state index is 13.8. The minimum absolute atomic E-state index is 0.00223. The lowest BCUT2D eigenvalue weighted by molar-refractivity contribution is -0.154. The molecule has 4 rings (SSSR count). The largest absolute Gasteiger partial charge is 0.484 e. The Balaban J connectivity index is 1.58. The average Bonchev–Trinajstić information content (AvgIpc) is 2.88. The van der Waals surface area contributed by atoms with Crippen molar-refractivity contribution < 1.29 is 45.0 Å². The molecule has 0 fully saturated rings. The molecule has 0 atom stereocenters. The van der Waals surface area contributed by atoms with E-state index in [1.54, 1.807) is 12.1 Å². The molecular weight excluding hydrogens is 532 g/mol. The number of benzene rings is 3. The maximum atomic E-state index is 13.8. The molecule has 12 heteroatoms. The fourth-order valence-corrected chi connectivity index (χ4v) is 3.61. The third-order valence-corrected chi connectivity index (χ3v) is 5.51. The van der Waals surface area contributed by atoms with Crippen LogP contribution in [0.5, 0.6) is 17.2 Å². The summed E-state index contributed by atoms with van der Waals surface area (Å²) >= 11 is 0. The second-order valence-electron chi connectivity index (χ2n) is 8.22. The molecule has 0 aliphatic heterocycles. The number of carbonyl (C=O) groups is 1. The van der Waals surface area contributed by atoms with Gasteiger partial charge in [-0.3, -0.25) is 9.59 Å². The zero-order chi connectivity index (χ0) is 28.4. The summed E-state index contributed by atoms with van der Waals surface area (Å²) in [6.07, 6.45) is -9.11. The van der Waals surface area contributed by atoms with E-state index in [9.17, 15) is 35.9 Å². The fraction of sp³-hybridized carbons (Fsp3) is 0.185. The highest BCUT2D eigenvalue weighted by Crippen LogP contribution is 2.39. The number of anilines is 1. The Morgan fingerprint density at radius 1 is 0.897 bits per heavy atom. The summed E-state index contributed by atoms with van der Waals surface area (Å²) in [5, 5.41) is 1.83. The van der Waals surface area contributed by atoms with E-state index < -0.39 is 58.6 Å². The number of nitrogens with one attached hydrogen (secondary N) is 1. The van der Waals surface area contributed by atoms with E-state index >= 15 is 0 Å². The Morgan fingerprint density at radius 2 is 1.56 bits per heavy atom. The second kappa shape index (κ2) is 10.7. The van der Waals surface area contributed by atoms with E-state index in [-0.39, 0.29) is 16.9 Å². The first kappa shape index (κ1) is 27.6. The van der Waals surface area contributed by atoms with Crippen LogP contribution < -0.4 is 20.2 Å². The maximum Gasteiger partial charge on any atom is 0.453 e. The minimum Gasteiger partial charge on any atom is -0.484 e. The molecule has 0 aliphatic rings. The molecule has 39 heavy (non-hydrogen) atoms. The van der Waals surface area contributed by atoms with E-state index in [2.05, 4.69) is 5.32 Å². The van der Waals surface area contributed by atoms with E-state index in [1.807, 2.05) is 6.92 Å². The molecule has 0 radical (unpaired) electrons. The highest BCUT2D eigenvalue weighted by atomic mass is 19.4. The molecular formula is C27H19F6NO5. The third-order valence-electron chi connectivity index (χ3n) is 5.51. The van der Waals surface area contributed by atoms with Crippen LogP contribution in [0.1, 0.15) is 23.8 Å². The van der Waals surface area contributed by atoms with Gasteiger partial charge in [0.05, 0.1) is 16.6 Å². The summed E-state index contributed by atoms with van der Waals surface area (Å²) in [6.45, 7) is 1.12. The monoisotopic (exact) mass is 551 g/mol. The number of alkyl halides is 6. The summed E-state index contributed by atoms with van der Waals surface area (Å²) in [5.41, 5.74) is -2.23. The van der Waals surface area contributed by atoms with Gasteiger partial charge in [0.15, 0.2) is 6.61 Å². The molecule has 1 amide bonds. The number of halogens is 6. The van der Waals surface area contributed by atoms with Crippen LogP contribution in [0.2, 0.25) is 0 Å². The van der Waals surface area contributed by atoms with Gasteiger partial charge in [0, 0.05) is 6.07 Å². The molecule has 204 valence electrons. The molecule has 0 saturated carbocycles. The molecule has 3 aromatic carbocycles. The van der Waals surface area contributed by atoms with Gasteiger partial charge in [-0.2, -0.15) is 26.3 Å². The Bertz CT molecular complexity index is 1560. The van der Waals surface area contributed by atoms with Crippen LogP contribution in [-0.2, 0) is 23.6 Å². The van der Waals surface area contributed by atoms with Gasteiger partial charge in [-0.15, -0.1) is 0 Å². The number of aryl methyl sites for hydroxylation is 1. The first-order valence-corrected chi connectivity index (χ1v) is 11.4. The SMILES string of the molecule is CCc1ccc(Oc2c(C(F)(F)F)oc3cc(OCC(=O)Nc4ccccc4C(F)(F)F)ccc3c2=O)cc1. The molecule has 1 heterocycles. The molecule has 0 unspecified atom stereocenters. The van der Waals surface area contributed by atoms with Crippen LogP contribution in [0.4, 0.5) is 32.0 Å². The molecule has 0 bridgehead atoms. The highest BCUT2D eigenvalue weighted by Gasteiger charge is 2.40. The van der Waals surface area contributed by atoms with Crippen LogP contribution in [-0.4, -0.2) is 12.5 Å². The van der Waals surface area contributed by atoms with Crippen LogP contribution in [0, 0.1) is 0 Å². The average molecular weight is 551 g/mol. The lowest BCUT2D eigenvalue weighted by Gasteiger charge is -2.15. The lowest BCUT2D eigenvalue weighted by Crippen LogP contribution is -2.22. The molecule has 0 saturated heterocycles. The van der Waals surface area contributed by atoms with Gasteiger partial charge in [-0.1, -0.05) is 31.2 Å². The molecule has 0 aliphatic carbocycles. The highest BCUT2D eigenvalue weighted by molar-refractivity contribution is 5.92. The molecule has 6 nitrogen and oxygen atoms in total. The van der Waals surface area contributed by atoms with Crippen molar-refractivity contribution in [2.45, 2.75) is 25.7 Å². The molecule has 1 N–H and O–H groups in total. The van der Waals surface area contributed by atoms with E-state index in [1.165, 1.54) is 24.3 Å². The minimum atomic E-state index is -5.09. The second-order valence-corrected chi connectivity index (χ2v) is 8.22. The van der Waals surface area contributed by atoms with Crippen LogP contribution in [0.15, 0.2) is 75.9 Å². The number of fused-ring (bicyclic) bond motifs is 1. The summed E-state index contributed by atoms with van der Waals surface area (Å²) in [7, 11) is 0. The van der Waals surface area contributed by atoms with Crippen molar-refractivity contribution in [3.8, 4) is 17.2 Å². The number of amides is 1. The molecule has 4 aromatic rings. The molecule has 1 aromatic heterocycles. The van der Waals surface area contributed by atoms with Gasteiger partial charge in [0.2, 0.25) is 11.2 Å². The quantitative estimate of drug-likeness (QED) is 0.246. The van der Waals surface area contributed by atoms with Crippen LogP contribution >= 0.6 is 0 Å². The lowest BCUT2D eigenvalue weighted by atomic mass is 10.1. The van der Waals surface area contributed by atoms with Gasteiger partial charge < -0.3 is 19.2 Å². The Morgan fingerprint density at radius 3 is 2.21 bits per heavy atom. The zero-order valence-corrected chi connectivity index (χ0v) is 20.1. The van der Waals surface area contributed by atoms with Gasteiger partial charge >= 0.3 is 12.4 Å². The van der Waals surface area contributed by atoms with Gasteiger partial charge in [0.25, 0.3) is 11.7 Å². The van der Waals surface area contributed by atoms with E-state index in [4.69, 9.17) is 13.9 Å². The van der Waals surface area contributed by atoms with Crippen molar-refractivity contribution in [2.24, 2.45) is 0 Å². The van der Waals surface area contributed by atoms with Crippen LogP contribution in [0.3, 0.4) is 0 Å². The number of hydrogen-bond acceptors (Lipinski definition) is 5. The van der Waals surface area contributed by atoms with Crippen molar-refractivity contribution in [3.05, 3.63) is 93.8 Å². The summed E-state index contributed by atoms with van der Waals surface area (Å²) < 4.78 is 96.2. The number of rotatable bonds is 7. The summed E-state index contributed by atoms with van der Waals surface area (Å²) in [5.74, 6) is -3.83. The number of carbonyl (C=O) groups excluding carboxylic acids is 1.